The highest BCUT2D eigenvalue weighted by Crippen LogP contribution is 2.25. The van der Waals surface area contributed by atoms with Crippen LogP contribution < -0.4 is 5.32 Å². The van der Waals surface area contributed by atoms with Crippen molar-refractivity contribution in [3.8, 4) is 11.1 Å². The fourth-order valence-corrected chi connectivity index (χ4v) is 3.41. The molecular weight excluding hydrogens is 326 g/mol. The molecule has 0 amide bonds. The summed E-state index contributed by atoms with van der Waals surface area (Å²) in [5.41, 5.74) is 8.86. The average molecular weight is 351 g/mol. The molecule has 3 aromatic rings. The topological polar surface area (TPSA) is 12.0 Å². The fourth-order valence-electron chi connectivity index (χ4n) is 3.41. The Bertz CT molecular complexity index is 958. The monoisotopic (exact) mass is 351 g/mol. The first-order valence-corrected chi connectivity index (χ1v) is 9.56. The molecule has 0 heterocycles. The zero-order valence-corrected chi connectivity index (χ0v) is 15.9. The van der Waals surface area contributed by atoms with Crippen LogP contribution in [-0.4, -0.2) is 6.04 Å². The Labute approximate surface area is 162 Å². The standard InChI is InChI=1S/C26H25N/c1-19-3-7-21(8-4-19)23-11-15-25(16-12-23)27-26-17-13-24(14-18-26)22-9-5-20(2)6-10-22/h3-17,26-27H,18H2,1-2H3. The number of anilines is 1. The van der Waals surface area contributed by atoms with Gasteiger partial charge in [-0.25, -0.2) is 0 Å². The SMILES string of the molecule is Cc1ccc(C2=CCC(Nc3ccc(-c4ccc(C)cc4)cc3)C=C2)cc1. The molecule has 0 saturated heterocycles. The maximum Gasteiger partial charge on any atom is 0.0482 e. The Morgan fingerprint density at radius 1 is 0.667 bits per heavy atom. The zero-order chi connectivity index (χ0) is 18.6. The van der Waals surface area contributed by atoms with E-state index in [1.54, 1.807) is 0 Å². The molecule has 0 saturated carbocycles. The van der Waals surface area contributed by atoms with Crippen molar-refractivity contribution in [1.29, 1.82) is 0 Å². The Morgan fingerprint density at radius 3 is 1.70 bits per heavy atom. The second-order valence-corrected chi connectivity index (χ2v) is 7.31. The van der Waals surface area contributed by atoms with E-state index in [9.17, 15) is 0 Å². The van der Waals surface area contributed by atoms with E-state index in [1.165, 1.54) is 33.4 Å². The molecule has 1 atom stereocenters. The quantitative estimate of drug-likeness (QED) is 0.545. The molecule has 1 aliphatic carbocycles. The largest absolute Gasteiger partial charge is 0.379 e. The predicted octanol–water partition coefficient (Wildman–Crippen LogP) is 6.79. The molecule has 0 fully saturated rings. The van der Waals surface area contributed by atoms with Crippen LogP contribution in [0, 0.1) is 13.8 Å². The van der Waals surface area contributed by atoms with Crippen LogP contribution in [0.4, 0.5) is 5.69 Å². The van der Waals surface area contributed by atoms with Crippen LogP contribution in [0.1, 0.15) is 23.1 Å². The highest BCUT2D eigenvalue weighted by atomic mass is 14.9. The van der Waals surface area contributed by atoms with Gasteiger partial charge in [0.15, 0.2) is 0 Å². The third-order valence-electron chi connectivity index (χ3n) is 5.11. The number of hydrogen-bond donors (Lipinski definition) is 1. The van der Waals surface area contributed by atoms with E-state index in [4.69, 9.17) is 0 Å². The van der Waals surface area contributed by atoms with E-state index in [2.05, 4.69) is 110 Å². The van der Waals surface area contributed by atoms with Gasteiger partial charge in [0.05, 0.1) is 0 Å². The van der Waals surface area contributed by atoms with Crippen molar-refractivity contribution in [2.75, 3.05) is 5.32 Å². The summed E-state index contributed by atoms with van der Waals surface area (Å²) in [5.74, 6) is 0. The predicted molar refractivity (Wildman–Crippen MR) is 117 cm³/mol. The summed E-state index contributed by atoms with van der Waals surface area (Å²) >= 11 is 0. The summed E-state index contributed by atoms with van der Waals surface area (Å²) in [7, 11) is 0. The molecule has 0 aromatic heterocycles. The molecule has 1 unspecified atom stereocenters. The minimum atomic E-state index is 0.337. The molecular formula is C26H25N. The zero-order valence-electron chi connectivity index (χ0n) is 15.9. The number of nitrogens with one attached hydrogen (secondary N) is 1. The number of allylic oxidation sites excluding steroid dienone is 2. The summed E-state index contributed by atoms with van der Waals surface area (Å²) in [6.45, 7) is 4.24. The first-order valence-electron chi connectivity index (χ1n) is 9.56. The lowest BCUT2D eigenvalue weighted by atomic mass is 9.96. The van der Waals surface area contributed by atoms with Gasteiger partial charge in [0.2, 0.25) is 0 Å². The van der Waals surface area contributed by atoms with Crippen LogP contribution in [-0.2, 0) is 0 Å². The van der Waals surface area contributed by atoms with E-state index >= 15 is 0 Å². The van der Waals surface area contributed by atoms with Crippen molar-refractivity contribution in [1.82, 2.24) is 0 Å². The Balaban J connectivity index is 1.40. The minimum absolute atomic E-state index is 0.337. The normalized spacial score (nSPS) is 16.1. The van der Waals surface area contributed by atoms with Gasteiger partial charge in [-0.1, -0.05) is 90.0 Å². The van der Waals surface area contributed by atoms with E-state index in [0.29, 0.717) is 6.04 Å². The molecule has 1 nitrogen and oxygen atoms in total. The van der Waals surface area contributed by atoms with Crippen molar-refractivity contribution < 1.29 is 0 Å². The molecule has 27 heavy (non-hydrogen) atoms. The first-order chi connectivity index (χ1) is 13.2. The summed E-state index contributed by atoms with van der Waals surface area (Å²) in [6.07, 6.45) is 7.82. The van der Waals surface area contributed by atoms with Gasteiger partial charge in [-0.05, 0) is 54.7 Å². The maximum atomic E-state index is 3.62. The second-order valence-electron chi connectivity index (χ2n) is 7.31. The van der Waals surface area contributed by atoms with Crippen molar-refractivity contribution in [3.05, 3.63) is 108 Å². The smallest absolute Gasteiger partial charge is 0.0482 e. The number of rotatable bonds is 4. The lowest BCUT2D eigenvalue weighted by molar-refractivity contribution is 0.886. The molecule has 3 aromatic carbocycles. The van der Waals surface area contributed by atoms with Crippen LogP contribution in [0.2, 0.25) is 0 Å². The van der Waals surface area contributed by atoms with E-state index in [0.717, 1.165) is 12.1 Å². The molecule has 0 aliphatic heterocycles. The maximum absolute atomic E-state index is 3.62. The van der Waals surface area contributed by atoms with E-state index in [-0.39, 0.29) is 0 Å². The fraction of sp³-hybridized carbons (Fsp3) is 0.154. The van der Waals surface area contributed by atoms with Gasteiger partial charge in [-0.15, -0.1) is 0 Å². The molecule has 0 bridgehead atoms. The first kappa shape index (κ1) is 17.4. The van der Waals surface area contributed by atoms with Crippen molar-refractivity contribution in [2.45, 2.75) is 26.3 Å². The Morgan fingerprint density at radius 2 is 1.19 bits per heavy atom. The summed E-state index contributed by atoms with van der Waals surface area (Å²) < 4.78 is 0. The van der Waals surface area contributed by atoms with Crippen molar-refractivity contribution in [2.24, 2.45) is 0 Å². The molecule has 1 N–H and O–H groups in total. The highest BCUT2D eigenvalue weighted by Gasteiger charge is 2.10. The molecule has 0 radical (unpaired) electrons. The third-order valence-corrected chi connectivity index (χ3v) is 5.11. The Hall–Kier alpha value is -3.06. The van der Waals surface area contributed by atoms with Crippen LogP contribution in [0.5, 0.6) is 0 Å². The van der Waals surface area contributed by atoms with Gasteiger partial charge in [-0.2, -0.15) is 0 Å². The van der Waals surface area contributed by atoms with Crippen molar-refractivity contribution in [3.63, 3.8) is 0 Å². The van der Waals surface area contributed by atoms with Gasteiger partial charge < -0.3 is 5.32 Å². The molecule has 1 heteroatoms. The summed E-state index contributed by atoms with van der Waals surface area (Å²) in [6, 6.07) is 26.5. The molecule has 1 aliphatic rings. The second kappa shape index (κ2) is 7.67. The number of aryl methyl sites for hydroxylation is 2. The van der Waals surface area contributed by atoms with Gasteiger partial charge >= 0.3 is 0 Å². The summed E-state index contributed by atoms with van der Waals surface area (Å²) in [5, 5.41) is 3.62. The van der Waals surface area contributed by atoms with Crippen molar-refractivity contribution >= 4 is 11.3 Å². The van der Waals surface area contributed by atoms with Crippen LogP contribution in [0.25, 0.3) is 16.7 Å². The molecule has 134 valence electrons. The lowest BCUT2D eigenvalue weighted by Crippen LogP contribution is -2.17. The molecule has 4 rings (SSSR count). The Kier molecular flexibility index (Phi) is 4.93. The lowest BCUT2D eigenvalue weighted by Gasteiger charge is -2.19. The number of benzene rings is 3. The molecule has 0 spiro atoms. The average Bonchev–Trinajstić information content (AvgIpc) is 2.71. The third kappa shape index (κ3) is 4.20. The minimum Gasteiger partial charge on any atom is -0.379 e. The highest BCUT2D eigenvalue weighted by molar-refractivity contribution is 5.75. The summed E-state index contributed by atoms with van der Waals surface area (Å²) in [4.78, 5) is 0. The van der Waals surface area contributed by atoms with Gasteiger partial charge in [0, 0.05) is 11.7 Å². The number of hydrogen-bond acceptors (Lipinski definition) is 1. The van der Waals surface area contributed by atoms with Crippen LogP contribution in [0.3, 0.4) is 0 Å². The van der Waals surface area contributed by atoms with Gasteiger partial charge in [0.25, 0.3) is 0 Å². The van der Waals surface area contributed by atoms with Gasteiger partial charge in [-0.3, -0.25) is 0 Å². The van der Waals surface area contributed by atoms with Crippen LogP contribution >= 0.6 is 0 Å². The van der Waals surface area contributed by atoms with E-state index < -0.39 is 0 Å². The van der Waals surface area contributed by atoms with Crippen LogP contribution in [0.15, 0.2) is 91.0 Å². The van der Waals surface area contributed by atoms with Gasteiger partial charge in [0.1, 0.15) is 0 Å². The van der Waals surface area contributed by atoms with E-state index in [1.807, 2.05) is 0 Å².